The highest BCUT2D eigenvalue weighted by molar-refractivity contribution is 7.89. The van der Waals surface area contributed by atoms with Crippen molar-refractivity contribution in [1.29, 1.82) is 0 Å². The smallest absolute Gasteiger partial charge is 0.246 e. The molecule has 4 nitrogen and oxygen atoms in total. The fraction of sp³-hybridized carbons (Fsp3) is 0.571. The molecule has 1 aromatic rings. The lowest BCUT2D eigenvalue weighted by Gasteiger charge is -2.31. The molecule has 7 heteroatoms. The standard InChI is InChI=1S/C14H21FN2O2S.ClH/c1-11-4-5-13(15)14(9-11)20(18,19)17-8-2-3-12(10-17)6-7-16;/h4-5,9,12H,2-3,6-8,10,16H2,1H3;1H. The summed E-state index contributed by atoms with van der Waals surface area (Å²) in [6.07, 6.45) is 2.60. The van der Waals surface area contributed by atoms with Crippen molar-refractivity contribution in [2.75, 3.05) is 19.6 Å². The number of halogens is 2. The Morgan fingerprint density at radius 3 is 2.81 bits per heavy atom. The fourth-order valence-electron chi connectivity index (χ4n) is 2.66. The van der Waals surface area contributed by atoms with E-state index in [1.807, 2.05) is 0 Å². The maximum Gasteiger partial charge on any atom is 0.246 e. The lowest BCUT2D eigenvalue weighted by Crippen LogP contribution is -2.40. The fourth-order valence-corrected chi connectivity index (χ4v) is 4.37. The molecule has 2 rings (SSSR count). The molecule has 0 aliphatic carbocycles. The Morgan fingerprint density at radius 2 is 2.14 bits per heavy atom. The van der Waals surface area contributed by atoms with Gasteiger partial charge in [0.1, 0.15) is 10.7 Å². The zero-order valence-electron chi connectivity index (χ0n) is 12.1. The second-order valence-corrected chi connectivity index (χ2v) is 7.29. The minimum absolute atomic E-state index is 0. The Bertz CT molecular complexity index is 578. The third kappa shape index (κ3) is 4.16. The van der Waals surface area contributed by atoms with Gasteiger partial charge in [0.25, 0.3) is 0 Å². The van der Waals surface area contributed by atoms with Crippen LogP contribution in [0, 0.1) is 18.7 Å². The monoisotopic (exact) mass is 336 g/mol. The third-order valence-electron chi connectivity index (χ3n) is 3.76. The highest BCUT2D eigenvalue weighted by Crippen LogP contribution is 2.27. The third-order valence-corrected chi connectivity index (χ3v) is 5.64. The summed E-state index contributed by atoms with van der Waals surface area (Å²) < 4.78 is 40.4. The first-order valence-electron chi connectivity index (χ1n) is 6.91. The molecule has 0 saturated carbocycles. The topological polar surface area (TPSA) is 63.4 Å². The van der Waals surface area contributed by atoms with Gasteiger partial charge >= 0.3 is 0 Å². The second kappa shape index (κ2) is 7.54. The summed E-state index contributed by atoms with van der Waals surface area (Å²) in [5.41, 5.74) is 6.28. The van der Waals surface area contributed by atoms with E-state index in [-0.39, 0.29) is 23.2 Å². The van der Waals surface area contributed by atoms with Gasteiger partial charge in [-0.2, -0.15) is 4.31 Å². The Morgan fingerprint density at radius 1 is 1.43 bits per heavy atom. The Hall–Kier alpha value is -0.690. The van der Waals surface area contributed by atoms with Crippen LogP contribution in [-0.2, 0) is 10.0 Å². The molecule has 1 aromatic carbocycles. The van der Waals surface area contributed by atoms with Crippen LogP contribution >= 0.6 is 12.4 Å². The maximum absolute atomic E-state index is 13.8. The van der Waals surface area contributed by atoms with Crippen molar-refractivity contribution in [1.82, 2.24) is 4.31 Å². The predicted molar refractivity (Wildman–Crippen MR) is 83.5 cm³/mol. The van der Waals surface area contributed by atoms with Gasteiger partial charge in [-0.15, -0.1) is 12.4 Å². The molecule has 1 saturated heterocycles. The molecule has 1 unspecified atom stereocenters. The largest absolute Gasteiger partial charge is 0.330 e. The van der Waals surface area contributed by atoms with Crippen molar-refractivity contribution in [3.05, 3.63) is 29.6 Å². The van der Waals surface area contributed by atoms with Gasteiger partial charge in [-0.1, -0.05) is 6.07 Å². The molecular weight excluding hydrogens is 315 g/mol. The van der Waals surface area contributed by atoms with Gasteiger partial charge in [0.2, 0.25) is 10.0 Å². The van der Waals surface area contributed by atoms with E-state index in [2.05, 4.69) is 0 Å². The first-order valence-corrected chi connectivity index (χ1v) is 8.35. The van der Waals surface area contributed by atoms with Crippen molar-refractivity contribution < 1.29 is 12.8 Å². The number of rotatable bonds is 4. The minimum atomic E-state index is -3.75. The molecule has 1 atom stereocenters. The van der Waals surface area contributed by atoms with Crippen molar-refractivity contribution >= 4 is 22.4 Å². The zero-order valence-corrected chi connectivity index (χ0v) is 13.7. The number of aryl methyl sites for hydroxylation is 1. The van der Waals surface area contributed by atoms with Crippen molar-refractivity contribution in [2.24, 2.45) is 11.7 Å². The average molecular weight is 337 g/mol. The summed E-state index contributed by atoms with van der Waals surface area (Å²) in [5, 5.41) is 0. The van der Waals surface area contributed by atoms with Crippen LogP contribution in [0.2, 0.25) is 0 Å². The summed E-state index contributed by atoms with van der Waals surface area (Å²) in [5.74, 6) is -0.409. The van der Waals surface area contributed by atoms with E-state index in [9.17, 15) is 12.8 Å². The van der Waals surface area contributed by atoms with Crippen LogP contribution in [0.3, 0.4) is 0 Å². The molecule has 0 spiro atoms. The number of nitrogens with zero attached hydrogens (tertiary/aromatic N) is 1. The van der Waals surface area contributed by atoms with E-state index in [1.165, 1.54) is 16.4 Å². The lowest BCUT2D eigenvalue weighted by atomic mass is 9.96. The van der Waals surface area contributed by atoms with Gasteiger partial charge in [-0.25, -0.2) is 12.8 Å². The average Bonchev–Trinajstić information content (AvgIpc) is 2.42. The van der Waals surface area contributed by atoms with Gasteiger partial charge in [0.15, 0.2) is 0 Å². The molecular formula is C14H22ClFN2O2S. The Balaban J connectivity index is 0.00000220. The molecule has 1 fully saturated rings. The molecule has 21 heavy (non-hydrogen) atoms. The van der Waals surface area contributed by atoms with Crippen molar-refractivity contribution in [2.45, 2.75) is 31.1 Å². The molecule has 0 radical (unpaired) electrons. The zero-order chi connectivity index (χ0) is 14.8. The first-order chi connectivity index (χ1) is 9.45. The van der Waals surface area contributed by atoms with Gasteiger partial charge < -0.3 is 5.73 Å². The number of benzene rings is 1. The molecule has 1 heterocycles. The molecule has 0 aromatic heterocycles. The van der Waals surface area contributed by atoms with Crippen molar-refractivity contribution in [3.63, 3.8) is 0 Å². The highest BCUT2D eigenvalue weighted by Gasteiger charge is 2.31. The van der Waals surface area contributed by atoms with Crippen LogP contribution in [0.4, 0.5) is 4.39 Å². The number of nitrogens with two attached hydrogens (primary N) is 1. The molecule has 120 valence electrons. The summed E-state index contributed by atoms with van der Waals surface area (Å²) in [6.45, 7) is 3.20. The predicted octanol–water partition coefficient (Wildman–Crippen LogP) is 2.31. The van der Waals surface area contributed by atoms with Gasteiger partial charge in [-0.3, -0.25) is 0 Å². The van der Waals surface area contributed by atoms with E-state index < -0.39 is 15.8 Å². The minimum Gasteiger partial charge on any atom is -0.330 e. The maximum atomic E-state index is 13.8. The summed E-state index contributed by atoms with van der Waals surface area (Å²) in [6, 6.07) is 4.18. The lowest BCUT2D eigenvalue weighted by molar-refractivity contribution is 0.257. The highest BCUT2D eigenvalue weighted by atomic mass is 35.5. The Kier molecular flexibility index (Phi) is 6.59. The van der Waals surface area contributed by atoms with Crippen LogP contribution in [0.25, 0.3) is 0 Å². The Labute approximate surface area is 132 Å². The van der Waals surface area contributed by atoms with E-state index >= 15 is 0 Å². The molecule has 1 aliphatic rings. The number of hydrogen-bond donors (Lipinski definition) is 1. The molecule has 0 amide bonds. The number of piperidine rings is 1. The van der Waals surface area contributed by atoms with Crippen LogP contribution in [0.15, 0.2) is 23.1 Å². The van der Waals surface area contributed by atoms with E-state index in [0.29, 0.717) is 19.6 Å². The van der Waals surface area contributed by atoms with E-state index in [4.69, 9.17) is 5.73 Å². The van der Waals surface area contributed by atoms with Crippen molar-refractivity contribution in [3.8, 4) is 0 Å². The molecule has 2 N–H and O–H groups in total. The summed E-state index contributed by atoms with van der Waals surface area (Å²) >= 11 is 0. The summed E-state index contributed by atoms with van der Waals surface area (Å²) in [4.78, 5) is -0.217. The SMILES string of the molecule is Cc1ccc(F)c(S(=O)(=O)N2CCCC(CCN)C2)c1.Cl. The van der Waals surface area contributed by atoms with E-state index in [0.717, 1.165) is 24.8 Å². The van der Waals surface area contributed by atoms with Crippen LogP contribution in [-0.4, -0.2) is 32.4 Å². The second-order valence-electron chi connectivity index (χ2n) is 5.38. The summed E-state index contributed by atoms with van der Waals surface area (Å²) in [7, 11) is -3.75. The van der Waals surface area contributed by atoms with Crippen LogP contribution in [0.1, 0.15) is 24.8 Å². The van der Waals surface area contributed by atoms with Gasteiger partial charge in [0.05, 0.1) is 0 Å². The van der Waals surface area contributed by atoms with E-state index in [1.54, 1.807) is 13.0 Å². The number of hydrogen-bond acceptors (Lipinski definition) is 3. The molecule has 1 aliphatic heterocycles. The first kappa shape index (κ1) is 18.4. The number of sulfonamides is 1. The molecule has 0 bridgehead atoms. The van der Waals surface area contributed by atoms with Gasteiger partial charge in [-0.05, 0) is 56.3 Å². The normalized spacial score (nSPS) is 20.0. The van der Waals surface area contributed by atoms with Crippen LogP contribution < -0.4 is 5.73 Å². The quantitative estimate of drug-likeness (QED) is 0.917. The van der Waals surface area contributed by atoms with Crippen LogP contribution in [0.5, 0.6) is 0 Å². The van der Waals surface area contributed by atoms with Gasteiger partial charge in [0, 0.05) is 13.1 Å².